The Labute approximate surface area is 123 Å². The minimum Gasteiger partial charge on any atom is -0.458 e. The average molecular weight is 278 g/mol. The molecule has 0 heterocycles. The van der Waals surface area contributed by atoms with E-state index in [4.69, 9.17) is 9.73 Å². The van der Waals surface area contributed by atoms with Crippen LogP contribution in [0.2, 0.25) is 0 Å². The van der Waals surface area contributed by atoms with Crippen LogP contribution >= 0.6 is 0 Å². The van der Waals surface area contributed by atoms with Gasteiger partial charge in [0.25, 0.3) is 6.02 Å². The van der Waals surface area contributed by atoms with E-state index in [0.717, 1.165) is 6.02 Å². The lowest BCUT2D eigenvalue weighted by Gasteiger charge is -2.27. The van der Waals surface area contributed by atoms with Crippen molar-refractivity contribution in [3.8, 4) is 0 Å². The number of hydrogen-bond acceptors (Lipinski definition) is 2. The van der Waals surface area contributed by atoms with Gasteiger partial charge in [-0.2, -0.15) is 0 Å². The molecule has 2 rings (SSSR count). The zero-order valence-electron chi connectivity index (χ0n) is 12.9. The molecule has 0 aliphatic heterocycles. The van der Waals surface area contributed by atoms with E-state index in [1.807, 2.05) is 13.0 Å². The highest BCUT2D eigenvalue weighted by molar-refractivity contribution is 5.74. The SMILES string of the molecule is C=CC(C)OC(=NC1CCCCC1)NC1CCCCC1. The molecule has 0 bridgehead atoms. The Balaban J connectivity index is 1.94. The van der Waals surface area contributed by atoms with Crippen molar-refractivity contribution in [2.75, 3.05) is 0 Å². The Morgan fingerprint density at radius 1 is 1.10 bits per heavy atom. The third-order valence-corrected chi connectivity index (χ3v) is 4.44. The van der Waals surface area contributed by atoms with Gasteiger partial charge in [0.15, 0.2) is 0 Å². The van der Waals surface area contributed by atoms with E-state index >= 15 is 0 Å². The highest BCUT2D eigenvalue weighted by atomic mass is 16.5. The quantitative estimate of drug-likeness (QED) is 0.475. The van der Waals surface area contributed by atoms with Crippen molar-refractivity contribution in [1.82, 2.24) is 5.32 Å². The Bertz CT molecular complexity index is 315. The van der Waals surface area contributed by atoms with Crippen molar-refractivity contribution in [3.05, 3.63) is 12.7 Å². The first-order valence-electron chi connectivity index (χ1n) is 8.41. The van der Waals surface area contributed by atoms with Crippen LogP contribution < -0.4 is 5.32 Å². The molecule has 0 saturated heterocycles. The predicted octanol–water partition coefficient (Wildman–Crippen LogP) is 4.19. The van der Waals surface area contributed by atoms with Crippen LogP contribution in [0.15, 0.2) is 17.6 Å². The first kappa shape index (κ1) is 15.4. The van der Waals surface area contributed by atoms with E-state index in [0.29, 0.717) is 12.1 Å². The van der Waals surface area contributed by atoms with E-state index in [1.165, 1.54) is 64.2 Å². The second-order valence-corrected chi connectivity index (χ2v) is 6.26. The number of hydrogen-bond donors (Lipinski definition) is 1. The van der Waals surface area contributed by atoms with E-state index in [1.54, 1.807) is 0 Å². The van der Waals surface area contributed by atoms with E-state index in [9.17, 15) is 0 Å². The third kappa shape index (κ3) is 5.18. The van der Waals surface area contributed by atoms with Crippen LogP contribution in [0.1, 0.15) is 71.1 Å². The molecule has 20 heavy (non-hydrogen) atoms. The van der Waals surface area contributed by atoms with Crippen LogP contribution in [0, 0.1) is 0 Å². The molecule has 2 fully saturated rings. The molecule has 2 saturated carbocycles. The standard InChI is InChI=1S/C17H30N2O/c1-3-14(2)20-17(18-15-10-6-4-7-11-15)19-16-12-8-5-9-13-16/h3,14-16H,1,4-13H2,2H3,(H,18,19). The average Bonchev–Trinajstić information content (AvgIpc) is 2.49. The zero-order chi connectivity index (χ0) is 14.2. The van der Waals surface area contributed by atoms with Crippen LogP contribution in [0.3, 0.4) is 0 Å². The van der Waals surface area contributed by atoms with Crippen molar-refractivity contribution in [2.24, 2.45) is 4.99 Å². The van der Waals surface area contributed by atoms with Crippen molar-refractivity contribution < 1.29 is 4.74 Å². The summed E-state index contributed by atoms with van der Waals surface area (Å²) in [6.07, 6.45) is 14.8. The lowest BCUT2D eigenvalue weighted by Crippen LogP contribution is -2.39. The molecule has 3 heteroatoms. The molecule has 0 aromatic carbocycles. The molecule has 1 unspecified atom stereocenters. The zero-order valence-corrected chi connectivity index (χ0v) is 12.9. The fourth-order valence-electron chi connectivity index (χ4n) is 3.12. The number of amidine groups is 1. The maximum Gasteiger partial charge on any atom is 0.285 e. The lowest BCUT2D eigenvalue weighted by atomic mass is 9.95. The maximum atomic E-state index is 5.93. The van der Waals surface area contributed by atoms with Gasteiger partial charge in [0, 0.05) is 6.04 Å². The summed E-state index contributed by atoms with van der Waals surface area (Å²) in [5.74, 6) is 0. The molecule has 1 N–H and O–H groups in total. The summed E-state index contributed by atoms with van der Waals surface area (Å²) < 4.78 is 5.93. The van der Waals surface area contributed by atoms with Gasteiger partial charge in [-0.25, -0.2) is 4.99 Å². The fraction of sp³-hybridized carbons (Fsp3) is 0.824. The van der Waals surface area contributed by atoms with Crippen molar-refractivity contribution in [1.29, 1.82) is 0 Å². The minimum atomic E-state index is 0.0217. The van der Waals surface area contributed by atoms with Gasteiger partial charge in [-0.1, -0.05) is 51.2 Å². The Hall–Kier alpha value is -0.990. The molecular formula is C17H30N2O. The molecule has 1 atom stereocenters. The Morgan fingerprint density at radius 2 is 1.70 bits per heavy atom. The van der Waals surface area contributed by atoms with Crippen LogP contribution in [0.25, 0.3) is 0 Å². The van der Waals surface area contributed by atoms with Crippen LogP contribution in [-0.2, 0) is 4.74 Å². The second kappa shape index (κ2) is 8.33. The first-order valence-corrected chi connectivity index (χ1v) is 8.41. The van der Waals surface area contributed by atoms with Crippen LogP contribution in [0.4, 0.5) is 0 Å². The Kier molecular flexibility index (Phi) is 6.41. The number of nitrogens with one attached hydrogen (secondary N) is 1. The number of ether oxygens (including phenoxy) is 1. The molecule has 0 aromatic heterocycles. The molecule has 2 aliphatic carbocycles. The monoisotopic (exact) mass is 278 g/mol. The van der Waals surface area contributed by atoms with E-state index in [2.05, 4.69) is 11.9 Å². The molecule has 2 aliphatic rings. The summed E-state index contributed by atoms with van der Waals surface area (Å²) in [4.78, 5) is 4.85. The van der Waals surface area contributed by atoms with Gasteiger partial charge < -0.3 is 10.1 Å². The van der Waals surface area contributed by atoms with Crippen molar-refractivity contribution >= 4 is 6.02 Å². The number of rotatable bonds is 4. The topological polar surface area (TPSA) is 33.6 Å². The summed E-state index contributed by atoms with van der Waals surface area (Å²) in [6.45, 7) is 5.82. The highest BCUT2D eigenvalue weighted by Crippen LogP contribution is 2.21. The summed E-state index contributed by atoms with van der Waals surface area (Å²) in [5, 5.41) is 3.55. The normalized spacial score (nSPS) is 24.1. The van der Waals surface area contributed by atoms with Gasteiger partial charge in [-0.05, 0) is 32.6 Å². The largest absolute Gasteiger partial charge is 0.458 e. The van der Waals surface area contributed by atoms with Crippen LogP contribution in [0.5, 0.6) is 0 Å². The summed E-state index contributed by atoms with van der Waals surface area (Å²) in [7, 11) is 0. The van der Waals surface area contributed by atoms with Gasteiger partial charge in [0.1, 0.15) is 6.10 Å². The molecular weight excluding hydrogens is 248 g/mol. The Morgan fingerprint density at radius 3 is 2.30 bits per heavy atom. The van der Waals surface area contributed by atoms with Crippen LogP contribution in [-0.4, -0.2) is 24.2 Å². The smallest absolute Gasteiger partial charge is 0.285 e. The number of nitrogens with zero attached hydrogens (tertiary/aromatic N) is 1. The van der Waals surface area contributed by atoms with Gasteiger partial charge >= 0.3 is 0 Å². The third-order valence-electron chi connectivity index (χ3n) is 4.44. The molecule has 0 radical (unpaired) electrons. The lowest BCUT2D eigenvalue weighted by molar-refractivity contribution is 0.229. The maximum absolute atomic E-state index is 5.93. The minimum absolute atomic E-state index is 0.0217. The van der Waals surface area contributed by atoms with Gasteiger partial charge in [0.2, 0.25) is 0 Å². The molecule has 114 valence electrons. The van der Waals surface area contributed by atoms with Gasteiger partial charge in [-0.3, -0.25) is 0 Å². The van der Waals surface area contributed by atoms with Crippen molar-refractivity contribution in [2.45, 2.75) is 89.3 Å². The fourth-order valence-corrected chi connectivity index (χ4v) is 3.12. The van der Waals surface area contributed by atoms with E-state index < -0.39 is 0 Å². The first-order chi connectivity index (χ1) is 9.78. The van der Waals surface area contributed by atoms with E-state index in [-0.39, 0.29) is 6.10 Å². The highest BCUT2D eigenvalue weighted by Gasteiger charge is 2.19. The summed E-state index contributed by atoms with van der Waals surface area (Å²) >= 11 is 0. The molecule has 0 amide bonds. The molecule has 0 aromatic rings. The molecule has 3 nitrogen and oxygen atoms in total. The second-order valence-electron chi connectivity index (χ2n) is 6.26. The van der Waals surface area contributed by atoms with Gasteiger partial charge in [-0.15, -0.1) is 0 Å². The predicted molar refractivity (Wildman–Crippen MR) is 85.1 cm³/mol. The number of aliphatic imine (C=N–C) groups is 1. The van der Waals surface area contributed by atoms with Crippen molar-refractivity contribution in [3.63, 3.8) is 0 Å². The van der Waals surface area contributed by atoms with Gasteiger partial charge in [0.05, 0.1) is 6.04 Å². The summed E-state index contributed by atoms with van der Waals surface area (Å²) in [5.41, 5.74) is 0. The summed E-state index contributed by atoms with van der Waals surface area (Å²) in [6, 6.07) is 1.76. The molecule has 0 spiro atoms.